The van der Waals surface area contributed by atoms with Crippen molar-refractivity contribution < 1.29 is 4.74 Å². The number of fused-ring (bicyclic) bond motifs is 3. The van der Waals surface area contributed by atoms with Gasteiger partial charge >= 0.3 is 0 Å². The van der Waals surface area contributed by atoms with Gasteiger partial charge in [0.05, 0.1) is 12.6 Å². The van der Waals surface area contributed by atoms with E-state index in [0.29, 0.717) is 10.8 Å². The maximum Gasteiger partial charge on any atom is 0.257 e. The summed E-state index contributed by atoms with van der Waals surface area (Å²) in [6, 6.07) is 22.1. The summed E-state index contributed by atoms with van der Waals surface area (Å²) in [6.45, 7) is 0. The van der Waals surface area contributed by atoms with E-state index in [4.69, 9.17) is 21.3 Å². The minimum Gasteiger partial charge on any atom is -0.497 e. The third-order valence-corrected chi connectivity index (χ3v) is 5.41. The molecule has 0 amide bonds. The van der Waals surface area contributed by atoms with Gasteiger partial charge in [0.25, 0.3) is 5.78 Å². The van der Waals surface area contributed by atoms with Gasteiger partial charge in [-0.3, -0.25) is 4.40 Å². The van der Waals surface area contributed by atoms with E-state index in [0.717, 1.165) is 39.3 Å². The molecule has 0 saturated carbocycles. The van der Waals surface area contributed by atoms with Gasteiger partial charge in [-0.25, -0.2) is 0 Å². The zero-order chi connectivity index (χ0) is 20.7. The fraction of sp³-hybridized carbons (Fsp3) is 0.0870. The number of benzene rings is 3. The molecule has 0 spiro atoms. The molecule has 0 unspecified atom stereocenters. The molecule has 2 heterocycles. The Balaban J connectivity index is 1.62. The van der Waals surface area contributed by atoms with Crippen LogP contribution in [-0.2, 0) is 0 Å². The zero-order valence-corrected chi connectivity index (χ0v) is 17.2. The Kier molecular flexibility index (Phi) is 4.48. The van der Waals surface area contributed by atoms with Crippen LogP contribution in [0.15, 0.2) is 73.1 Å². The van der Waals surface area contributed by atoms with Crippen LogP contribution in [0.1, 0.15) is 0 Å². The molecule has 0 fully saturated rings. The number of anilines is 2. The van der Waals surface area contributed by atoms with Crippen molar-refractivity contribution in [3.05, 3.63) is 78.1 Å². The second kappa shape index (κ2) is 7.31. The van der Waals surface area contributed by atoms with Gasteiger partial charge in [-0.1, -0.05) is 35.9 Å². The molecule has 0 bridgehead atoms. The van der Waals surface area contributed by atoms with E-state index in [-0.39, 0.29) is 0 Å². The molecular formula is C23H18ClN5O. The van der Waals surface area contributed by atoms with Gasteiger partial charge in [0.1, 0.15) is 17.9 Å². The lowest BCUT2D eigenvalue weighted by atomic mass is 10.0. The van der Waals surface area contributed by atoms with Gasteiger partial charge in [0, 0.05) is 23.1 Å². The second-order valence-electron chi connectivity index (χ2n) is 6.94. The third-order valence-electron chi connectivity index (χ3n) is 5.17. The number of nitrogens with zero attached hydrogens (tertiary/aromatic N) is 5. The van der Waals surface area contributed by atoms with Crippen LogP contribution >= 0.6 is 11.6 Å². The molecule has 0 N–H and O–H groups in total. The smallest absolute Gasteiger partial charge is 0.257 e. The van der Waals surface area contributed by atoms with Gasteiger partial charge in [0.2, 0.25) is 0 Å². The highest BCUT2D eigenvalue weighted by atomic mass is 35.5. The molecule has 3 aromatic carbocycles. The summed E-state index contributed by atoms with van der Waals surface area (Å²) in [7, 11) is 3.66. The first kappa shape index (κ1) is 18.4. The maximum atomic E-state index is 6.25. The van der Waals surface area contributed by atoms with Crippen LogP contribution in [0.25, 0.3) is 27.8 Å². The molecule has 0 aliphatic heterocycles. The van der Waals surface area contributed by atoms with E-state index in [2.05, 4.69) is 45.4 Å². The summed E-state index contributed by atoms with van der Waals surface area (Å²) >= 11 is 6.25. The molecular weight excluding hydrogens is 398 g/mol. The Hall–Kier alpha value is -3.64. The van der Waals surface area contributed by atoms with E-state index in [1.165, 1.54) is 0 Å². The van der Waals surface area contributed by atoms with Crippen LogP contribution in [0, 0.1) is 0 Å². The molecule has 0 aliphatic carbocycles. The van der Waals surface area contributed by atoms with Crippen molar-refractivity contribution in [2.45, 2.75) is 0 Å². The molecule has 0 atom stereocenters. The quantitative estimate of drug-likeness (QED) is 0.394. The Morgan fingerprint density at radius 1 is 0.967 bits per heavy atom. The van der Waals surface area contributed by atoms with Crippen molar-refractivity contribution in [3.8, 4) is 16.9 Å². The van der Waals surface area contributed by atoms with Crippen molar-refractivity contribution >= 4 is 39.8 Å². The number of methoxy groups -OCH3 is 1. The van der Waals surface area contributed by atoms with Gasteiger partial charge < -0.3 is 9.64 Å². The van der Waals surface area contributed by atoms with Crippen molar-refractivity contribution in [1.29, 1.82) is 0 Å². The molecule has 7 heteroatoms. The van der Waals surface area contributed by atoms with E-state index in [9.17, 15) is 0 Å². The summed E-state index contributed by atoms with van der Waals surface area (Å²) in [4.78, 5) is 6.80. The fourth-order valence-electron chi connectivity index (χ4n) is 3.58. The van der Waals surface area contributed by atoms with Gasteiger partial charge in [0.15, 0.2) is 0 Å². The largest absolute Gasteiger partial charge is 0.497 e. The van der Waals surface area contributed by atoms with Crippen molar-refractivity contribution in [3.63, 3.8) is 0 Å². The second-order valence-corrected chi connectivity index (χ2v) is 7.37. The Morgan fingerprint density at radius 2 is 1.80 bits per heavy atom. The predicted octanol–water partition coefficient (Wildman–Crippen LogP) is 5.37. The fourth-order valence-corrected chi connectivity index (χ4v) is 3.75. The third kappa shape index (κ3) is 3.11. The first-order valence-electron chi connectivity index (χ1n) is 9.41. The normalized spacial score (nSPS) is 11.2. The van der Waals surface area contributed by atoms with Crippen molar-refractivity contribution in [1.82, 2.24) is 19.6 Å². The van der Waals surface area contributed by atoms with Crippen LogP contribution in [0.5, 0.6) is 5.75 Å². The number of halogens is 1. The van der Waals surface area contributed by atoms with Crippen molar-refractivity contribution in [2.75, 3.05) is 19.1 Å². The molecule has 0 saturated heterocycles. The first-order valence-corrected chi connectivity index (χ1v) is 9.79. The van der Waals surface area contributed by atoms with E-state index >= 15 is 0 Å². The predicted molar refractivity (Wildman–Crippen MR) is 120 cm³/mol. The number of aromatic nitrogens is 4. The molecule has 6 nitrogen and oxygen atoms in total. The molecule has 0 aliphatic rings. The minimum atomic E-state index is 0.526. The lowest BCUT2D eigenvalue weighted by Gasteiger charge is -2.21. The number of hydrogen-bond donors (Lipinski definition) is 0. The van der Waals surface area contributed by atoms with E-state index in [1.54, 1.807) is 13.4 Å². The van der Waals surface area contributed by atoms with Crippen LogP contribution in [-0.4, -0.2) is 33.7 Å². The van der Waals surface area contributed by atoms with E-state index < -0.39 is 0 Å². The highest BCUT2D eigenvalue weighted by molar-refractivity contribution is 6.31. The van der Waals surface area contributed by atoms with Crippen LogP contribution in [0.2, 0.25) is 5.02 Å². The van der Waals surface area contributed by atoms with Crippen LogP contribution in [0.3, 0.4) is 0 Å². The summed E-state index contributed by atoms with van der Waals surface area (Å²) < 4.78 is 7.10. The van der Waals surface area contributed by atoms with Crippen molar-refractivity contribution in [2.24, 2.45) is 0 Å². The van der Waals surface area contributed by atoms with Crippen LogP contribution in [0.4, 0.5) is 11.5 Å². The first-order chi connectivity index (χ1) is 14.6. The lowest BCUT2D eigenvalue weighted by Crippen LogP contribution is -2.13. The summed E-state index contributed by atoms with van der Waals surface area (Å²) in [5.41, 5.74) is 4.14. The molecule has 5 rings (SSSR count). The standard InChI is InChI=1S/C23H18ClN5O/c1-28(18-5-3-4-16(12-18)15-6-9-19(30-2)10-7-15)22-20-11-8-17(24)13-21(20)29-14-25-27-23(29)26-22/h3-14H,1-2H3. The van der Waals surface area contributed by atoms with Crippen LogP contribution < -0.4 is 9.64 Å². The molecule has 0 radical (unpaired) electrons. The van der Waals surface area contributed by atoms with E-state index in [1.807, 2.05) is 47.8 Å². The molecule has 5 aromatic rings. The number of hydrogen-bond acceptors (Lipinski definition) is 5. The number of ether oxygens (including phenoxy) is 1. The molecule has 2 aromatic heterocycles. The summed E-state index contributed by atoms with van der Waals surface area (Å²) in [5.74, 6) is 2.15. The Bertz CT molecular complexity index is 1360. The van der Waals surface area contributed by atoms with Gasteiger partial charge in [-0.15, -0.1) is 10.2 Å². The average Bonchev–Trinajstić information content (AvgIpc) is 3.27. The monoisotopic (exact) mass is 415 g/mol. The molecule has 148 valence electrons. The minimum absolute atomic E-state index is 0.526. The van der Waals surface area contributed by atoms with Gasteiger partial charge in [-0.2, -0.15) is 4.98 Å². The maximum absolute atomic E-state index is 6.25. The van der Waals surface area contributed by atoms with Gasteiger partial charge in [-0.05, 0) is 53.6 Å². The highest BCUT2D eigenvalue weighted by Crippen LogP contribution is 2.33. The Labute approximate surface area is 178 Å². The lowest BCUT2D eigenvalue weighted by molar-refractivity contribution is 0.415. The molecule has 30 heavy (non-hydrogen) atoms. The zero-order valence-electron chi connectivity index (χ0n) is 16.5. The topological polar surface area (TPSA) is 55.5 Å². The SMILES string of the molecule is COc1ccc(-c2cccc(N(C)c3nc4nncn4c4cc(Cl)ccc34)c2)cc1. The average molecular weight is 416 g/mol. The number of rotatable bonds is 4. The Morgan fingerprint density at radius 3 is 2.60 bits per heavy atom. The summed E-state index contributed by atoms with van der Waals surface area (Å²) in [6.07, 6.45) is 1.65. The highest BCUT2D eigenvalue weighted by Gasteiger charge is 2.15. The summed E-state index contributed by atoms with van der Waals surface area (Å²) in [5, 5.41) is 9.75.